The van der Waals surface area contributed by atoms with Gasteiger partial charge in [0, 0.05) is 0 Å². The lowest BCUT2D eigenvalue weighted by atomic mass is 9.90. The summed E-state index contributed by atoms with van der Waals surface area (Å²) in [5.74, 6) is 0. The van der Waals surface area contributed by atoms with Crippen LogP contribution < -0.4 is 0 Å². The molecule has 1 aliphatic rings. The highest BCUT2D eigenvalue weighted by atomic mass is 14.2. The fraction of sp³-hybridized carbons (Fsp3) is 0.111. The Kier molecular flexibility index (Phi) is 2.45. The van der Waals surface area contributed by atoms with Crippen LogP contribution in [0.4, 0.5) is 0 Å². The Labute approximate surface area is 108 Å². The highest BCUT2D eigenvalue weighted by Gasteiger charge is 2.14. The summed E-state index contributed by atoms with van der Waals surface area (Å²) in [4.78, 5) is 0. The van der Waals surface area contributed by atoms with Crippen LogP contribution in [0.1, 0.15) is 22.3 Å². The van der Waals surface area contributed by atoms with E-state index in [1.165, 1.54) is 33.0 Å². The van der Waals surface area contributed by atoms with Crippen molar-refractivity contribution in [2.75, 3.05) is 0 Å². The third kappa shape index (κ3) is 1.46. The molecule has 3 rings (SSSR count). The van der Waals surface area contributed by atoms with Crippen LogP contribution in [-0.4, -0.2) is 0 Å². The second-order valence-corrected chi connectivity index (χ2v) is 4.82. The monoisotopic (exact) mass is 232 g/mol. The Morgan fingerprint density at radius 3 is 2.72 bits per heavy atom. The molecule has 88 valence electrons. The Balaban J connectivity index is 2.57. The van der Waals surface area contributed by atoms with E-state index < -0.39 is 0 Å². The zero-order valence-corrected chi connectivity index (χ0v) is 10.7. The SMILES string of the molecule is C=Cc1ccc2ccc(C)c3c2c1C(=C)C=CC3. The number of hydrogen-bond donors (Lipinski definition) is 0. The molecule has 0 aromatic heterocycles. The van der Waals surface area contributed by atoms with Crippen LogP contribution in [0, 0.1) is 6.92 Å². The van der Waals surface area contributed by atoms with Gasteiger partial charge < -0.3 is 0 Å². The quantitative estimate of drug-likeness (QED) is 0.655. The number of allylic oxidation sites excluding steroid dienone is 3. The molecule has 0 bridgehead atoms. The third-order valence-electron chi connectivity index (χ3n) is 3.74. The maximum atomic E-state index is 4.20. The topological polar surface area (TPSA) is 0 Å². The van der Waals surface area contributed by atoms with Gasteiger partial charge in [0.15, 0.2) is 0 Å². The minimum Gasteiger partial charge on any atom is -0.0984 e. The van der Waals surface area contributed by atoms with Crippen molar-refractivity contribution in [3.63, 3.8) is 0 Å². The maximum absolute atomic E-state index is 4.20. The molecule has 0 heterocycles. The van der Waals surface area contributed by atoms with Gasteiger partial charge in [0.2, 0.25) is 0 Å². The smallest absolute Gasteiger partial charge is 0.00361 e. The van der Waals surface area contributed by atoms with Crippen LogP contribution in [0.5, 0.6) is 0 Å². The van der Waals surface area contributed by atoms with Gasteiger partial charge in [-0.3, -0.25) is 0 Å². The first-order valence-corrected chi connectivity index (χ1v) is 6.26. The lowest BCUT2D eigenvalue weighted by Crippen LogP contribution is -1.93. The van der Waals surface area contributed by atoms with E-state index in [1.54, 1.807) is 0 Å². The van der Waals surface area contributed by atoms with Crippen molar-refractivity contribution in [1.29, 1.82) is 0 Å². The molecule has 0 nitrogen and oxygen atoms in total. The van der Waals surface area contributed by atoms with Crippen LogP contribution >= 0.6 is 0 Å². The van der Waals surface area contributed by atoms with Crippen LogP contribution in [0.15, 0.2) is 49.6 Å². The molecule has 0 amide bonds. The van der Waals surface area contributed by atoms with Gasteiger partial charge in [0.1, 0.15) is 0 Å². The largest absolute Gasteiger partial charge is 0.0984 e. The average Bonchev–Trinajstić information content (AvgIpc) is 2.56. The average molecular weight is 232 g/mol. The van der Waals surface area contributed by atoms with E-state index in [2.05, 4.69) is 56.5 Å². The predicted octanol–water partition coefficient (Wildman–Crippen LogP) is 4.92. The molecule has 0 heteroatoms. The highest BCUT2D eigenvalue weighted by molar-refractivity contribution is 6.02. The molecule has 0 unspecified atom stereocenters. The van der Waals surface area contributed by atoms with Gasteiger partial charge in [-0.2, -0.15) is 0 Å². The van der Waals surface area contributed by atoms with Gasteiger partial charge in [-0.1, -0.05) is 55.7 Å². The molecule has 0 spiro atoms. The van der Waals surface area contributed by atoms with Crippen molar-refractivity contribution in [3.8, 4) is 0 Å². The molecular weight excluding hydrogens is 216 g/mol. The molecule has 0 radical (unpaired) electrons. The van der Waals surface area contributed by atoms with Crippen LogP contribution in [-0.2, 0) is 6.42 Å². The van der Waals surface area contributed by atoms with Crippen molar-refractivity contribution in [2.45, 2.75) is 13.3 Å². The summed E-state index contributed by atoms with van der Waals surface area (Å²) in [5.41, 5.74) is 6.27. The first-order chi connectivity index (χ1) is 8.72. The van der Waals surface area contributed by atoms with Gasteiger partial charge in [0.05, 0.1) is 0 Å². The highest BCUT2D eigenvalue weighted by Crippen LogP contribution is 2.35. The summed E-state index contributed by atoms with van der Waals surface area (Å²) in [6.07, 6.45) is 7.24. The summed E-state index contributed by atoms with van der Waals surface area (Å²) in [6.45, 7) is 10.3. The van der Waals surface area contributed by atoms with Crippen molar-refractivity contribution in [1.82, 2.24) is 0 Å². The fourth-order valence-corrected chi connectivity index (χ4v) is 2.79. The molecular formula is C18H16. The van der Waals surface area contributed by atoms with Gasteiger partial charge in [-0.05, 0) is 51.9 Å². The van der Waals surface area contributed by atoms with Gasteiger partial charge >= 0.3 is 0 Å². The van der Waals surface area contributed by atoms with E-state index in [1.807, 2.05) is 6.08 Å². The number of benzene rings is 2. The standard InChI is InChI=1S/C18H16/c1-4-14-10-11-15-9-8-12(2)16-7-5-6-13(3)17(14)18(15)16/h4-6,8-11H,1,3,7H2,2H3. The molecule has 2 aromatic carbocycles. The Bertz CT molecular complexity index is 700. The van der Waals surface area contributed by atoms with Gasteiger partial charge in [0.25, 0.3) is 0 Å². The van der Waals surface area contributed by atoms with Crippen molar-refractivity contribution in [2.24, 2.45) is 0 Å². The zero-order chi connectivity index (χ0) is 12.7. The molecule has 18 heavy (non-hydrogen) atoms. The van der Waals surface area contributed by atoms with Crippen LogP contribution in [0.25, 0.3) is 22.4 Å². The fourth-order valence-electron chi connectivity index (χ4n) is 2.79. The van der Waals surface area contributed by atoms with Gasteiger partial charge in [-0.15, -0.1) is 0 Å². The molecule has 2 aromatic rings. The van der Waals surface area contributed by atoms with Crippen molar-refractivity contribution < 1.29 is 0 Å². The van der Waals surface area contributed by atoms with Crippen LogP contribution in [0.2, 0.25) is 0 Å². The maximum Gasteiger partial charge on any atom is -0.00361 e. The molecule has 0 aliphatic heterocycles. The summed E-state index contributed by atoms with van der Waals surface area (Å²) < 4.78 is 0. The van der Waals surface area contributed by atoms with Crippen molar-refractivity contribution in [3.05, 3.63) is 71.8 Å². The van der Waals surface area contributed by atoms with E-state index in [4.69, 9.17) is 0 Å². The van der Waals surface area contributed by atoms with E-state index in [9.17, 15) is 0 Å². The third-order valence-corrected chi connectivity index (χ3v) is 3.74. The lowest BCUT2D eigenvalue weighted by molar-refractivity contribution is 1.25. The second kappa shape index (κ2) is 3.99. The van der Waals surface area contributed by atoms with Gasteiger partial charge in [-0.25, -0.2) is 0 Å². The molecule has 0 saturated carbocycles. The number of hydrogen-bond acceptors (Lipinski definition) is 0. The summed E-state index contributed by atoms with van der Waals surface area (Å²) in [7, 11) is 0. The molecule has 0 fully saturated rings. The normalized spacial score (nSPS) is 13.7. The summed E-state index contributed by atoms with van der Waals surface area (Å²) in [6, 6.07) is 8.71. The summed E-state index contributed by atoms with van der Waals surface area (Å²) in [5, 5.41) is 2.64. The number of aryl methyl sites for hydroxylation is 1. The van der Waals surface area contributed by atoms with E-state index >= 15 is 0 Å². The molecule has 0 N–H and O–H groups in total. The first kappa shape index (κ1) is 11.0. The Morgan fingerprint density at radius 2 is 1.94 bits per heavy atom. The molecule has 0 saturated heterocycles. The lowest BCUT2D eigenvalue weighted by Gasteiger charge is -2.14. The minimum atomic E-state index is 0.982. The van der Waals surface area contributed by atoms with Crippen molar-refractivity contribution >= 4 is 22.4 Å². The Morgan fingerprint density at radius 1 is 1.17 bits per heavy atom. The van der Waals surface area contributed by atoms with E-state index in [-0.39, 0.29) is 0 Å². The van der Waals surface area contributed by atoms with E-state index in [0.29, 0.717) is 0 Å². The summed E-state index contributed by atoms with van der Waals surface area (Å²) >= 11 is 0. The first-order valence-electron chi connectivity index (χ1n) is 6.26. The Hall–Kier alpha value is -2.08. The predicted molar refractivity (Wildman–Crippen MR) is 80.7 cm³/mol. The zero-order valence-electron chi connectivity index (χ0n) is 10.7. The van der Waals surface area contributed by atoms with Crippen LogP contribution in [0.3, 0.4) is 0 Å². The minimum absolute atomic E-state index is 0.982. The van der Waals surface area contributed by atoms with E-state index in [0.717, 1.165) is 12.0 Å². The number of rotatable bonds is 1. The second-order valence-electron chi connectivity index (χ2n) is 4.82. The molecule has 0 atom stereocenters. The molecule has 1 aliphatic carbocycles.